The van der Waals surface area contributed by atoms with E-state index in [1.165, 1.54) is 11.3 Å². The van der Waals surface area contributed by atoms with E-state index in [9.17, 15) is 9.59 Å². The Balaban J connectivity index is 1.51. The molecule has 0 radical (unpaired) electrons. The van der Waals surface area contributed by atoms with E-state index in [0.29, 0.717) is 22.8 Å². The third-order valence-corrected chi connectivity index (χ3v) is 4.38. The van der Waals surface area contributed by atoms with Gasteiger partial charge in [0.2, 0.25) is 0 Å². The van der Waals surface area contributed by atoms with Gasteiger partial charge in [0.25, 0.3) is 11.8 Å². The van der Waals surface area contributed by atoms with E-state index in [2.05, 4.69) is 10.7 Å². The minimum absolute atomic E-state index is 0.223. The molecule has 2 aromatic carbocycles. The van der Waals surface area contributed by atoms with Crippen molar-refractivity contribution in [1.29, 1.82) is 0 Å². The van der Waals surface area contributed by atoms with Crippen LogP contribution in [0.3, 0.4) is 0 Å². The number of aryl methyl sites for hydroxylation is 1. The average Bonchev–Trinajstić information content (AvgIpc) is 3.24. The zero-order valence-electron chi connectivity index (χ0n) is 15.2. The molecule has 1 atom stereocenters. The monoisotopic (exact) mass is 377 g/mol. The Bertz CT molecular complexity index is 983. The number of anilines is 1. The van der Waals surface area contributed by atoms with E-state index >= 15 is 0 Å². The second-order valence-corrected chi connectivity index (χ2v) is 6.42. The number of para-hydroxylation sites is 1. The van der Waals surface area contributed by atoms with Gasteiger partial charge in [-0.15, -0.1) is 0 Å². The number of carbonyl (C=O) groups excluding carboxylic acids is 2. The summed E-state index contributed by atoms with van der Waals surface area (Å²) >= 11 is 0. The average molecular weight is 377 g/mol. The van der Waals surface area contributed by atoms with Crippen LogP contribution in [0.4, 0.5) is 5.69 Å². The van der Waals surface area contributed by atoms with E-state index in [1.54, 1.807) is 36.4 Å². The SMILES string of the molecule is Cc1ccc(OCC(=O)NN2C(=O)c3ccccc3NC2c2ccco2)cc1. The van der Waals surface area contributed by atoms with Crippen molar-refractivity contribution in [2.45, 2.75) is 13.1 Å². The zero-order chi connectivity index (χ0) is 19.5. The molecule has 2 heterocycles. The number of benzene rings is 2. The first-order valence-corrected chi connectivity index (χ1v) is 8.83. The second kappa shape index (κ2) is 7.48. The van der Waals surface area contributed by atoms with Crippen molar-refractivity contribution in [1.82, 2.24) is 10.4 Å². The van der Waals surface area contributed by atoms with Crippen LogP contribution in [-0.4, -0.2) is 23.4 Å². The van der Waals surface area contributed by atoms with E-state index in [0.717, 1.165) is 5.56 Å². The summed E-state index contributed by atoms with van der Waals surface area (Å²) in [5.74, 6) is 0.297. The highest BCUT2D eigenvalue weighted by molar-refractivity contribution is 6.02. The van der Waals surface area contributed by atoms with Crippen LogP contribution >= 0.6 is 0 Å². The molecule has 0 saturated carbocycles. The van der Waals surface area contributed by atoms with Gasteiger partial charge in [0.15, 0.2) is 12.8 Å². The summed E-state index contributed by atoms with van der Waals surface area (Å²) < 4.78 is 11.0. The Labute approximate surface area is 161 Å². The lowest BCUT2D eigenvalue weighted by Crippen LogP contribution is -2.53. The Hall–Kier alpha value is -3.74. The van der Waals surface area contributed by atoms with Crippen LogP contribution in [0, 0.1) is 6.92 Å². The Kier molecular flexibility index (Phi) is 4.72. The molecule has 0 saturated heterocycles. The lowest BCUT2D eigenvalue weighted by molar-refractivity contribution is -0.127. The minimum atomic E-state index is -0.666. The smallest absolute Gasteiger partial charge is 0.276 e. The number of hydrazine groups is 1. The Morgan fingerprint density at radius 1 is 1.14 bits per heavy atom. The summed E-state index contributed by atoms with van der Waals surface area (Å²) in [4.78, 5) is 25.4. The molecule has 4 rings (SSSR count). The van der Waals surface area contributed by atoms with E-state index in [-0.39, 0.29) is 12.5 Å². The van der Waals surface area contributed by atoms with Crippen LogP contribution in [0.1, 0.15) is 27.8 Å². The fourth-order valence-corrected chi connectivity index (χ4v) is 2.96. The van der Waals surface area contributed by atoms with Crippen LogP contribution in [0.25, 0.3) is 0 Å². The van der Waals surface area contributed by atoms with Gasteiger partial charge in [-0.3, -0.25) is 15.0 Å². The molecule has 0 fully saturated rings. The summed E-state index contributed by atoms with van der Waals surface area (Å²) in [6, 6.07) is 18.0. The number of carbonyl (C=O) groups is 2. The van der Waals surface area contributed by atoms with Crippen LogP contribution in [-0.2, 0) is 4.79 Å². The van der Waals surface area contributed by atoms with E-state index in [4.69, 9.17) is 9.15 Å². The normalized spacial score (nSPS) is 15.5. The van der Waals surface area contributed by atoms with Crippen molar-refractivity contribution in [3.05, 3.63) is 83.8 Å². The molecule has 3 aromatic rings. The summed E-state index contributed by atoms with van der Waals surface area (Å²) in [5, 5.41) is 4.45. The number of nitrogens with one attached hydrogen (secondary N) is 2. The summed E-state index contributed by atoms with van der Waals surface area (Å²) in [6.45, 7) is 1.75. The summed E-state index contributed by atoms with van der Waals surface area (Å²) in [5.41, 5.74) is 4.86. The van der Waals surface area contributed by atoms with Gasteiger partial charge in [-0.2, -0.15) is 0 Å². The highest BCUT2D eigenvalue weighted by Gasteiger charge is 2.35. The topological polar surface area (TPSA) is 83.8 Å². The van der Waals surface area contributed by atoms with Crippen molar-refractivity contribution in [3.8, 4) is 5.75 Å². The van der Waals surface area contributed by atoms with Gasteiger partial charge < -0.3 is 14.5 Å². The van der Waals surface area contributed by atoms with Crippen molar-refractivity contribution >= 4 is 17.5 Å². The van der Waals surface area contributed by atoms with Gasteiger partial charge in [-0.1, -0.05) is 29.8 Å². The standard InChI is InChI=1S/C21H19N3O4/c1-14-8-10-15(11-9-14)28-13-19(25)23-24-20(18-7-4-12-27-18)22-17-6-3-2-5-16(17)21(24)26/h2-12,20,22H,13H2,1H3,(H,23,25). The van der Waals surface area contributed by atoms with Crippen LogP contribution in [0.5, 0.6) is 5.75 Å². The molecule has 7 nitrogen and oxygen atoms in total. The van der Waals surface area contributed by atoms with Crippen molar-refractivity contribution in [3.63, 3.8) is 0 Å². The molecule has 7 heteroatoms. The molecular weight excluding hydrogens is 358 g/mol. The van der Waals surface area contributed by atoms with Gasteiger partial charge in [0.1, 0.15) is 11.5 Å². The van der Waals surface area contributed by atoms with E-state index < -0.39 is 12.1 Å². The van der Waals surface area contributed by atoms with Gasteiger partial charge in [-0.25, -0.2) is 5.01 Å². The Morgan fingerprint density at radius 2 is 1.93 bits per heavy atom. The van der Waals surface area contributed by atoms with Gasteiger partial charge >= 0.3 is 0 Å². The molecule has 1 aromatic heterocycles. The van der Waals surface area contributed by atoms with Gasteiger partial charge in [0.05, 0.1) is 11.8 Å². The molecule has 1 aliphatic rings. The fraction of sp³-hybridized carbons (Fsp3) is 0.143. The molecule has 1 aliphatic heterocycles. The summed E-state index contributed by atoms with van der Waals surface area (Å²) in [7, 11) is 0. The number of amides is 2. The number of fused-ring (bicyclic) bond motifs is 1. The Morgan fingerprint density at radius 3 is 2.68 bits per heavy atom. The molecule has 2 amide bonds. The molecule has 2 N–H and O–H groups in total. The second-order valence-electron chi connectivity index (χ2n) is 6.42. The van der Waals surface area contributed by atoms with E-state index in [1.807, 2.05) is 31.2 Å². The highest BCUT2D eigenvalue weighted by atomic mass is 16.5. The first-order chi connectivity index (χ1) is 13.6. The maximum Gasteiger partial charge on any atom is 0.276 e. The fourth-order valence-electron chi connectivity index (χ4n) is 2.96. The molecule has 0 bridgehead atoms. The van der Waals surface area contributed by atoms with Crippen LogP contribution in [0.2, 0.25) is 0 Å². The lowest BCUT2D eigenvalue weighted by Gasteiger charge is -2.36. The number of furan rings is 1. The number of hydrogen-bond donors (Lipinski definition) is 2. The largest absolute Gasteiger partial charge is 0.484 e. The lowest BCUT2D eigenvalue weighted by atomic mass is 10.1. The number of hydrogen-bond acceptors (Lipinski definition) is 5. The van der Waals surface area contributed by atoms with Crippen LogP contribution in [0.15, 0.2) is 71.3 Å². The van der Waals surface area contributed by atoms with Crippen molar-refractivity contribution < 1.29 is 18.7 Å². The van der Waals surface area contributed by atoms with Gasteiger partial charge in [0, 0.05) is 5.69 Å². The first-order valence-electron chi connectivity index (χ1n) is 8.83. The molecule has 142 valence electrons. The number of ether oxygens (including phenoxy) is 1. The zero-order valence-corrected chi connectivity index (χ0v) is 15.2. The van der Waals surface area contributed by atoms with Gasteiger partial charge in [-0.05, 0) is 43.3 Å². The minimum Gasteiger partial charge on any atom is -0.484 e. The molecule has 28 heavy (non-hydrogen) atoms. The number of rotatable bonds is 5. The quantitative estimate of drug-likeness (QED) is 0.713. The maximum absolute atomic E-state index is 13.0. The summed E-state index contributed by atoms with van der Waals surface area (Å²) in [6.07, 6.45) is 0.850. The number of nitrogens with zero attached hydrogens (tertiary/aromatic N) is 1. The van der Waals surface area contributed by atoms with Crippen molar-refractivity contribution in [2.24, 2.45) is 0 Å². The molecule has 1 unspecified atom stereocenters. The third-order valence-electron chi connectivity index (χ3n) is 4.38. The van der Waals surface area contributed by atoms with Crippen LogP contribution < -0.4 is 15.5 Å². The predicted octanol–water partition coefficient (Wildman–Crippen LogP) is 3.26. The molecule has 0 spiro atoms. The highest BCUT2D eigenvalue weighted by Crippen LogP contribution is 2.31. The maximum atomic E-state index is 13.0. The molecule has 0 aliphatic carbocycles. The first kappa shape index (κ1) is 17.7. The third kappa shape index (κ3) is 3.55. The molecular formula is C21H19N3O4. The predicted molar refractivity (Wildman–Crippen MR) is 102 cm³/mol. The van der Waals surface area contributed by atoms with Crippen molar-refractivity contribution in [2.75, 3.05) is 11.9 Å².